The van der Waals surface area contributed by atoms with Gasteiger partial charge < -0.3 is 9.47 Å². The Kier molecular flexibility index (Phi) is 10.8. The molecular formula is C17H26O7S2. The molecule has 0 aliphatic carbocycles. The molecule has 0 aromatic carbocycles. The Labute approximate surface area is 162 Å². The van der Waals surface area contributed by atoms with E-state index < -0.39 is 28.7 Å². The summed E-state index contributed by atoms with van der Waals surface area (Å²) in [6.07, 6.45) is -0.0643. The van der Waals surface area contributed by atoms with Crippen LogP contribution in [0.2, 0.25) is 0 Å². The molecule has 0 aliphatic rings. The number of carbonyl (C=O) groups is 5. The van der Waals surface area contributed by atoms with Gasteiger partial charge >= 0.3 is 11.3 Å². The average Bonchev–Trinajstić information content (AvgIpc) is 2.49. The van der Waals surface area contributed by atoms with Crippen LogP contribution < -0.4 is 0 Å². The van der Waals surface area contributed by atoms with Crippen LogP contribution in [-0.4, -0.2) is 45.2 Å². The first-order valence-electron chi connectivity index (χ1n) is 8.06. The molecule has 0 heterocycles. The van der Waals surface area contributed by atoms with Crippen LogP contribution in [0.4, 0.5) is 4.79 Å². The smallest absolute Gasteiger partial charge is 0.371 e. The van der Waals surface area contributed by atoms with E-state index >= 15 is 0 Å². The Morgan fingerprint density at radius 1 is 1.00 bits per heavy atom. The molecule has 0 spiro atoms. The van der Waals surface area contributed by atoms with Gasteiger partial charge in [-0.05, 0) is 32.5 Å². The minimum atomic E-state index is -1.12. The number of ketones is 2. The molecule has 9 heteroatoms. The van der Waals surface area contributed by atoms with Gasteiger partial charge in [-0.25, -0.2) is 4.79 Å². The minimum Gasteiger partial charge on any atom is -0.428 e. The quantitative estimate of drug-likeness (QED) is 0.399. The normalized spacial score (nSPS) is 12.4. The zero-order chi connectivity index (χ0) is 20.5. The third-order valence-electron chi connectivity index (χ3n) is 3.35. The Balaban J connectivity index is 4.59. The second-order valence-corrected chi connectivity index (χ2v) is 9.24. The van der Waals surface area contributed by atoms with Crippen LogP contribution in [-0.2, 0) is 28.7 Å². The lowest BCUT2D eigenvalue weighted by Gasteiger charge is -2.23. The van der Waals surface area contributed by atoms with Gasteiger partial charge in [-0.1, -0.05) is 25.6 Å². The molecule has 148 valence electrons. The van der Waals surface area contributed by atoms with Gasteiger partial charge in [0.2, 0.25) is 6.79 Å². The van der Waals surface area contributed by atoms with E-state index in [1.165, 1.54) is 13.8 Å². The zero-order valence-corrected chi connectivity index (χ0v) is 17.6. The van der Waals surface area contributed by atoms with E-state index in [-0.39, 0.29) is 34.8 Å². The van der Waals surface area contributed by atoms with Crippen molar-refractivity contribution in [1.82, 2.24) is 0 Å². The molecule has 0 aliphatic heterocycles. The number of hydrogen-bond donors (Lipinski definition) is 0. The highest BCUT2D eigenvalue weighted by Gasteiger charge is 2.34. The Morgan fingerprint density at radius 3 is 2.04 bits per heavy atom. The second-order valence-electron chi connectivity index (χ2n) is 6.48. The summed E-state index contributed by atoms with van der Waals surface area (Å²) >= 11 is 1.65. The van der Waals surface area contributed by atoms with Gasteiger partial charge in [-0.15, -0.1) is 0 Å². The Hall–Kier alpha value is -1.35. The first kappa shape index (κ1) is 24.7. The van der Waals surface area contributed by atoms with Gasteiger partial charge in [-0.2, -0.15) is 0 Å². The highest BCUT2D eigenvalue weighted by molar-refractivity contribution is 8.15. The first-order chi connectivity index (χ1) is 11.9. The van der Waals surface area contributed by atoms with Crippen molar-refractivity contribution in [2.75, 3.05) is 12.5 Å². The third kappa shape index (κ3) is 9.96. The van der Waals surface area contributed by atoms with Crippen LogP contribution >= 0.6 is 23.5 Å². The molecule has 0 saturated heterocycles. The summed E-state index contributed by atoms with van der Waals surface area (Å²) in [5.74, 6) is -1.67. The van der Waals surface area contributed by atoms with E-state index in [4.69, 9.17) is 9.47 Å². The molecule has 1 atom stereocenters. The monoisotopic (exact) mass is 406 g/mol. The number of rotatable bonds is 10. The molecule has 0 aromatic heterocycles. The van der Waals surface area contributed by atoms with E-state index in [1.54, 1.807) is 27.7 Å². The Morgan fingerprint density at radius 2 is 1.58 bits per heavy atom. The zero-order valence-electron chi connectivity index (χ0n) is 16.0. The molecular weight excluding hydrogens is 380 g/mol. The second kappa shape index (κ2) is 11.4. The van der Waals surface area contributed by atoms with E-state index in [0.29, 0.717) is 11.8 Å². The van der Waals surface area contributed by atoms with Crippen LogP contribution in [0.1, 0.15) is 48.0 Å². The van der Waals surface area contributed by atoms with Crippen LogP contribution in [0.15, 0.2) is 0 Å². The van der Waals surface area contributed by atoms with E-state index in [9.17, 15) is 24.0 Å². The average molecular weight is 407 g/mol. The fourth-order valence-electron chi connectivity index (χ4n) is 1.60. The molecule has 0 fully saturated rings. The van der Waals surface area contributed by atoms with Crippen LogP contribution in [0, 0.1) is 11.8 Å². The minimum absolute atomic E-state index is 0.0643. The maximum absolute atomic E-state index is 12.5. The van der Waals surface area contributed by atoms with Crippen molar-refractivity contribution in [3.63, 3.8) is 0 Å². The summed E-state index contributed by atoms with van der Waals surface area (Å²) in [7, 11) is 0. The topological polar surface area (TPSA) is 104 Å². The fourth-order valence-corrected chi connectivity index (χ4v) is 3.11. The van der Waals surface area contributed by atoms with Crippen molar-refractivity contribution < 1.29 is 33.4 Å². The SMILES string of the molecule is CC(=O)SC[C@H](CC(=O)C(C)(C)SC(=O)OCOC(=O)C(C)C)C(C)=O. The standard InChI is InChI=1S/C17H26O7S2/c1-10(2)15(21)23-9-24-16(22)26-17(5,6)14(20)7-13(11(3)18)8-25-12(4)19/h10,13H,7-9H2,1-6H3/t13-/m0/s1. The predicted octanol–water partition coefficient (Wildman–Crippen LogP) is 3.24. The van der Waals surface area contributed by atoms with Crippen molar-refractivity contribution in [3.8, 4) is 0 Å². The Bertz CT molecular complexity index is 555. The number of Topliss-reactive ketones (excluding diaryl/α,β-unsaturated/α-hetero) is 2. The summed E-state index contributed by atoms with van der Waals surface area (Å²) in [6, 6.07) is 0. The van der Waals surface area contributed by atoms with Gasteiger partial charge in [0, 0.05) is 25.0 Å². The van der Waals surface area contributed by atoms with E-state index in [1.807, 2.05) is 0 Å². The molecule has 0 bridgehead atoms. The highest BCUT2D eigenvalue weighted by atomic mass is 32.2. The molecule has 0 amide bonds. The molecule has 0 rings (SSSR count). The summed E-state index contributed by atoms with van der Waals surface area (Å²) in [6.45, 7) is 8.65. The summed E-state index contributed by atoms with van der Waals surface area (Å²) in [4.78, 5) is 58.3. The van der Waals surface area contributed by atoms with E-state index in [2.05, 4.69) is 0 Å². The molecule has 0 saturated carbocycles. The molecule has 7 nitrogen and oxygen atoms in total. The summed E-state index contributed by atoms with van der Waals surface area (Å²) in [5, 5.41) is -0.880. The van der Waals surface area contributed by atoms with Crippen molar-refractivity contribution in [2.45, 2.75) is 52.7 Å². The van der Waals surface area contributed by atoms with Crippen molar-refractivity contribution in [2.24, 2.45) is 11.8 Å². The fraction of sp³-hybridized carbons (Fsp3) is 0.706. The van der Waals surface area contributed by atoms with Gasteiger partial charge in [0.25, 0.3) is 0 Å². The lowest BCUT2D eigenvalue weighted by atomic mass is 9.94. The molecule has 26 heavy (non-hydrogen) atoms. The summed E-state index contributed by atoms with van der Waals surface area (Å²) in [5.41, 5.74) is 0. The third-order valence-corrected chi connectivity index (χ3v) is 5.35. The molecule has 0 N–H and O–H groups in total. The summed E-state index contributed by atoms with van der Waals surface area (Å²) < 4.78 is 8.42. The van der Waals surface area contributed by atoms with Gasteiger partial charge in [0.15, 0.2) is 5.12 Å². The van der Waals surface area contributed by atoms with Crippen molar-refractivity contribution >= 4 is 51.5 Å². The lowest BCUT2D eigenvalue weighted by molar-refractivity contribution is -0.155. The largest absolute Gasteiger partial charge is 0.428 e. The molecule has 0 aromatic rings. The van der Waals surface area contributed by atoms with Crippen LogP contribution in [0.3, 0.4) is 0 Å². The lowest BCUT2D eigenvalue weighted by Crippen LogP contribution is -2.33. The molecule has 0 unspecified atom stereocenters. The molecule has 0 radical (unpaired) electrons. The number of ether oxygens (including phenoxy) is 2. The number of hydrogen-bond acceptors (Lipinski definition) is 9. The van der Waals surface area contributed by atoms with Gasteiger partial charge in [-0.3, -0.25) is 19.2 Å². The van der Waals surface area contributed by atoms with Crippen LogP contribution in [0.25, 0.3) is 0 Å². The maximum Gasteiger partial charge on any atom is 0.371 e. The van der Waals surface area contributed by atoms with Gasteiger partial charge in [0.05, 0.1) is 10.7 Å². The number of carbonyl (C=O) groups excluding carboxylic acids is 5. The number of thioether (sulfide) groups is 2. The highest BCUT2D eigenvalue weighted by Crippen LogP contribution is 2.30. The van der Waals surface area contributed by atoms with Gasteiger partial charge in [0.1, 0.15) is 11.6 Å². The van der Waals surface area contributed by atoms with Crippen molar-refractivity contribution in [1.29, 1.82) is 0 Å². The van der Waals surface area contributed by atoms with Crippen molar-refractivity contribution in [3.05, 3.63) is 0 Å². The maximum atomic E-state index is 12.5. The van der Waals surface area contributed by atoms with E-state index in [0.717, 1.165) is 11.8 Å². The van der Waals surface area contributed by atoms with Crippen LogP contribution in [0.5, 0.6) is 0 Å². The number of esters is 1. The first-order valence-corrected chi connectivity index (χ1v) is 9.86. The predicted molar refractivity (Wildman–Crippen MR) is 101 cm³/mol.